The van der Waals surface area contributed by atoms with Gasteiger partial charge >= 0.3 is 5.97 Å². The average Bonchev–Trinajstić information content (AvgIpc) is 3.18. The highest BCUT2D eigenvalue weighted by Gasteiger charge is 2.43. The van der Waals surface area contributed by atoms with Crippen molar-refractivity contribution in [3.05, 3.63) is 110 Å². The molecule has 0 unspecified atom stereocenters. The molecule has 0 bridgehead atoms. The molecule has 0 amide bonds. The van der Waals surface area contributed by atoms with E-state index in [0.29, 0.717) is 55.2 Å². The number of hydrogen-bond acceptors (Lipinski definition) is 6. The molecule has 6 nitrogen and oxygen atoms in total. The van der Waals surface area contributed by atoms with E-state index in [1.807, 2.05) is 24.3 Å². The van der Waals surface area contributed by atoms with Crippen LogP contribution in [0.2, 0.25) is 0 Å². The van der Waals surface area contributed by atoms with Gasteiger partial charge in [-0.3, -0.25) is 4.79 Å². The van der Waals surface area contributed by atoms with Crippen LogP contribution >= 0.6 is 15.9 Å². The molecule has 0 fully saturated rings. The summed E-state index contributed by atoms with van der Waals surface area (Å²) >= 11 is 3.58. The first-order chi connectivity index (χ1) is 18.3. The fraction of sp³-hybridized carbons (Fsp3) is 0.200. The monoisotopic (exact) mass is 577 g/mol. The van der Waals surface area contributed by atoms with Crippen LogP contribution < -0.4 is 14.8 Å². The van der Waals surface area contributed by atoms with Crippen molar-refractivity contribution >= 4 is 33.4 Å². The van der Waals surface area contributed by atoms with Crippen molar-refractivity contribution in [2.75, 3.05) is 13.7 Å². The topological polar surface area (TPSA) is 73.9 Å². The van der Waals surface area contributed by atoms with E-state index in [-0.39, 0.29) is 24.8 Å². The Morgan fingerprint density at radius 2 is 1.84 bits per heavy atom. The van der Waals surface area contributed by atoms with Crippen molar-refractivity contribution in [1.82, 2.24) is 5.32 Å². The molecule has 1 atom stereocenters. The number of nitrogens with one attached hydrogen (secondary N) is 1. The third-order valence-corrected chi connectivity index (χ3v) is 7.19. The zero-order valence-corrected chi connectivity index (χ0v) is 22.6. The first-order valence-electron chi connectivity index (χ1n) is 12.1. The molecule has 3 aromatic carbocycles. The largest absolute Gasteiger partial charge is 0.493 e. The summed E-state index contributed by atoms with van der Waals surface area (Å²) in [5.74, 6) is -0.882. The molecule has 0 saturated heterocycles. The molecule has 8 heteroatoms. The van der Waals surface area contributed by atoms with Gasteiger partial charge in [-0.05, 0) is 65.2 Å². The number of methoxy groups -OCH3 is 1. The van der Waals surface area contributed by atoms with Crippen LogP contribution in [0.1, 0.15) is 46.8 Å². The van der Waals surface area contributed by atoms with Gasteiger partial charge in [0.25, 0.3) is 0 Å². The zero-order valence-electron chi connectivity index (χ0n) is 21.1. The Hall–Kier alpha value is -3.91. The lowest BCUT2D eigenvalue weighted by Gasteiger charge is -2.30. The molecular weight excluding hydrogens is 553 g/mol. The normalized spacial score (nSPS) is 16.1. The smallest absolute Gasteiger partial charge is 0.336 e. The summed E-state index contributed by atoms with van der Waals surface area (Å²) in [5.41, 5.74) is 4.81. The molecule has 194 valence electrons. The molecule has 5 rings (SSSR count). The fourth-order valence-electron chi connectivity index (χ4n) is 4.97. The van der Waals surface area contributed by atoms with E-state index in [0.717, 1.165) is 5.56 Å². The summed E-state index contributed by atoms with van der Waals surface area (Å²) in [6.45, 7) is 3.86. The predicted molar refractivity (Wildman–Crippen MR) is 144 cm³/mol. The minimum Gasteiger partial charge on any atom is -0.493 e. The number of carbonyl (C=O) groups excluding carboxylic acids is 2. The molecule has 2 aliphatic rings. The Morgan fingerprint density at radius 1 is 1.08 bits per heavy atom. The van der Waals surface area contributed by atoms with Gasteiger partial charge in [0.2, 0.25) is 0 Å². The first kappa shape index (κ1) is 25.7. The van der Waals surface area contributed by atoms with Gasteiger partial charge in [0.05, 0.1) is 29.5 Å². The maximum Gasteiger partial charge on any atom is 0.336 e. The maximum atomic E-state index is 13.7. The lowest BCUT2D eigenvalue weighted by atomic mass is 9.79. The third kappa shape index (κ3) is 4.49. The van der Waals surface area contributed by atoms with E-state index in [1.54, 1.807) is 38.1 Å². The van der Waals surface area contributed by atoms with Crippen LogP contribution in [0.4, 0.5) is 4.39 Å². The first-order valence-corrected chi connectivity index (χ1v) is 12.9. The van der Waals surface area contributed by atoms with Crippen LogP contribution in [-0.2, 0) is 16.1 Å². The molecule has 0 saturated carbocycles. The van der Waals surface area contributed by atoms with Gasteiger partial charge in [-0.15, -0.1) is 0 Å². The van der Waals surface area contributed by atoms with Gasteiger partial charge in [-0.25, -0.2) is 9.18 Å². The number of ketones is 1. The Labute approximate surface area is 228 Å². The second-order valence-electron chi connectivity index (χ2n) is 8.93. The van der Waals surface area contributed by atoms with Crippen LogP contribution in [-0.4, -0.2) is 25.5 Å². The summed E-state index contributed by atoms with van der Waals surface area (Å²) < 4.78 is 31.3. The van der Waals surface area contributed by atoms with E-state index >= 15 is 0 Å². The summed E-state index contributed by atoms with van der Waals surface area (Å²) in [4.78, 5) is 26.9. The number of allylic oxidation sites excluding steroid dienone is 2. The second-order valence-corrected chi connectivity index (χ2v) is 9.79. The number of hydrogen-bond donors (Lipinski definition) is 1. The fourth-order valence-corrected chi connectivity index (χ4v) is 5.54. The van der Waals surface area contributed by atoms with Crippen molar-refractivity contribution in [3.8, 4) is 11.5 Å². The average molecular weight is 578 g/mol. The number of esters is 1. The highest BCUT2D eigenvalue weighted by atomic mass is 79.9. The summed E-state index contributed by atoms with van der Waals surface area (Å²) in [6.07, 6.45) is 0. The maximum absolute atomic E-state index is 13.7. The van der Waals surface area contributed by atoms with E-state index in [2.05, 4.69) is 21.2 Å². The molecular formula is C30H25BrFNO5. The van der Waals surface area contributed by atoms with Crippen LogP contribution in [0.5, 0.6) is 11.5 Å². The summed E-state index contributed by atoms with van der Waals surface area (Å²) in [6, 6.07) is 17.1. The minimum atomic E-state index is -0.701. The number of rotatable bonds is 7. The molecule has 1 N–H and O–H groups in total. The Morgan fingerprint density at radius 3 is 2.55 bits per heavy atom. The Balaban J connectivity index is 1.60. The zero-order chi connectivity index (χ0) is 27.0. The second kappa shape index (κ2) is 10.5. The molecule has 1 heterocycles. The standard InChI is InChI=1S/C30H25BrFNO5/c1-4-37-30(35)24-16(2)33-27-20-10-5-6-11-21(20)28(34)26(27)25(24)18-13-22(31)29(23(14-18)36-3)38-15-17-8-7-9-19(32)12-17/h5-14,25,33H,4,15H2,1-3H3/t25-/m1/s1. The van der Waals surface area contributed by atoms with E-state index in [1.165, 1.54) is 19.2 Å². The van der Waals surface area contributed by atoms with Gasteiger partial charge in [-0.1, -0.05) is 36.4 Å². The molecule has 3 aromatic rings. The molecule has 38 heavy (non-hydrogen) atoms. The van der Waals surface area contributed by atoms with Crippen molar-refractivity contribution in [2.24, 2.45) is 0 Å². The van der Waals surface area contributed by atoms with Crippen molar-refractivity contribution in [1.29, 1.82) is 0 Å². The Kier molecular flexibility index (Phi) is 7.08. The van der Waals surface area contributed by atoms with Gasteiger partial charge in [-0.2, -0.15) is 0 Å². The van der Waals surface area contributed by atoms with Crippen molar-refractivity contribution in [2.45, 2.75) is 26.4 Å². The van der Waals surface area contributed by atoms with E-state index in [4.69, 9.17) is 14.2 Å². The van der Waals surface area contributed by atoms with E-state index < -0.39 is 11.9 Å². The predicted octanol–water partition coefficient (Wildman–Crippen LogP) is 6.31. The van der Waals surface area contributed by atoms with Gasteiger partial charge in [0, 0.05) is 28.3 Å². The number of halogens is 2. The number of benzene rings is 3. The van der Waals surface area contributed by atoms with E-state index in [9.17, 15) is 14.0 Å². The summed E-state index contributed by atoms with van der Waals surface area (Å²) in [7, 11) is 1.51. The molecule has 0 aromatic heterocycles. The van der Waals surface area contributed by atoms with Gasteiger partial charge in [0.15, 0.2) is 17.3 Å². The number of ether oxygens (including phenoxy) is 3. The lowest BCUT2D eigenvalue weighted by Crippen LogP contribution is -2.29. The number of Topliss-reactive ketones (excluding diaryl/α,β-unsaturated/α-hetero) is 1. The van der Waals surface area contributed by atoms with Crippen LogP contribution in [0.25, 0.3) is 5.70 Å². The quantitative estimate of drug-likeness (QED) is 0.332. The highest BCUT2D eigenvalue weighted by Crippen LogP contribution is 2.49. The molecule has 1 aliphatic carbocycles. The number of carbonyl (C=O) groups is 2. The van der Waals surface area contributed by atoms with Gasteiger partial charge in [0.1, 0.15) is 12.4 Å². The minimum absolute atomic E-state index is 0.121. The van der Waals surface area contributed by atoms with Crippen LogP contribution in [0.15, 0.2) is 82.0 Å². The molecule has 1 aliphatic heterocycles. The SMILES string of the molecule is CCOC(=O)C1=C(C)NC2=C(C(=O)c3ccccc32)[C@@H]1c1cc(Br)c(OCc2cccc(F)c2)c(OC)c1. The highest BCUT2D eigenvalue weighted by molar-refractivity contribution is 9.10. The lowest BCUT2D eigenvalue weighted by molar-refractivity contribution is -0.138. The van der Waals surface area contributed by atoms with Crippen molar-refractivity contribution < 1.29 is 28.2 Å². The van der Waals surface area contributed by atoms with Crippen LogP contribution in [0, 0.1) is 5.82 Å². The van der Waals surface area contributed by atoms with Crippen molar-refractivity contribution in [3.63, 3.8) is 0 Å². The Bertz CT molecular complexity index is 1530. The molecule has 0 radical (unpaired) electrons. The van der Waals surface area contributed by atoms with Crippen LogP contribution in [0.3, 0.4) is 0 Å². The molecule has 0 spiro atoms. The van der Waals surface area contributed by atoms with Gasteiger partial charge < -0.3 is 19.5 Å². The summed E-state index contributed by atoms with van der Waals surface area (Å²) in [5, 5.41) is 3.29. The third-order valence-electron chi connectivity index (χ3n) is 6.60. The number of fused-ring (bicyclic) bond motifs is 2. The number of dihydropyridines is 1.